The second-order valence-electron chi connectivity index (χ2n) is 7.34. The molecule has 2 heterocycles. The van der Waals surface area contributed by atoms with Gasteiger partial charge in [-0.25, -0.2) is 4.98 Å². The van der Waals surface area contributed by atoms with Crippen LogP contribution in [0.3, 0.4) is 0 Å². The molecule has 1 unspecified atom stereocenters. The maximum absolute atomic E-state index is 12.5. The largest absolute Gasteiger partial charge is 0.466 e. The summed E-state index contributed by atoms with van der Waals surface area (Å²) in [5.41, 5.74) is 2.44. The van der Waals surface area contributed by atoms with Crippen molar-refractivity contribution in [2.24, 2.45) is 0 Å². The van der Waals surface area contributed by atoms with E-state index in [4.69, 9.17) is 9.72 Å². The fourth-order valence-corrected chi connectivity index (χ4v) is 4.14. The summed E-state index contributed by atoms with van der Waals surface area (Å²) in [5, 5.41) is 0.901. The number of rotatable bonds is 7. The van der Waals surface area contributed by atoms with Crippen molar-refractivity contribution >= 4 is 28.5 Å². The number of hydrogen-bond donors (Lipinski definition) is 0. The fourth-order valence-electron chi connectivity index (χ4n) is 3.42. The Bertz CT molecular complexity index is 837. The summed E-state index contributed by atoms with van der Waals surface area (Å²) in [6, 6.07) is 8.48. The van der Waals surface area contributed by atoms with E-state index in [1.54, 1.807) is 6.92 Å². The predicted octanol–water partition coefficient (Wildman–Crippen LogP) is 2.82. The van der Waals surface area contributed by atoms with E-state index in [0.29, 0.717) is 26.2 Å². The Morgan fingerprint density at radius 1 is 1.21 bits per heavy atom. The average Bonchev–Trinajstić information content (AvgIpc) is 3.16. The Balaban J connectivity index is 1.53. The van der Waals surface area contributed by atoms with Crippen molar-refractivity contribution in [3.8, 4) is 0 Å². The molecule has 1 aliphatic heterocycles. The zero-order valence-corrected chi connectivity index (χ0v) is 18.1. The lowest BCUT2D eigenvalue weighted by Crippen LogP contribution is -2.54. The number of anilines is 1. The van der Waals surface area contributed by atoms with Gasteiger partial charge in [-0.05, 0) is 26.3 Å². The third kappa shape index (κ3) is 5.76. The second kappa shape index (κ2) is 9.82. The Labute approximate surface area is 175 Å². The molecule has 1 atom stereocenters. The highest BCUT2D eigenvalue weighted by atomic mass is 32.1. The number of aryl methyl sites for hydroxylation is 1. The molecular formula is C21H28N4O3S. The van der Waals surface area contributed by atoms with Crippen molar-refractivity contribution in [1.29, 1.82) is 0 Å². The van der Waals surface area contributed by atoms with E-state index in [9.17, 15) is 9.59 Å². The molecule has 7 nitrogen and oxygen atoms in total. The van der Waals surface area contributed by atoms with Crippen LogP contribution in [-0.4, -0.2) is 58.4 Å². The van der Waals surface area contributed by atoms with E-state index in [-0.39, 0.29) is 30.8 Å². The molecule has 3 rings (SSSR count). The minimum Gasteiger partial charge on any atom is -0.466 e. The number of benzene rings is 1. The molecule has 0 radical (unpaired) electrons. The lowest BCUT2D eigenvalue weighted by molar-refractivity contribution is -0.146. The van der Waals surface area contributed by atoms with Crippen molar-refractivity contribution in [3.63, 3.8) is 0 Å². The number of aromatic nitrogens is 2. The molecule has 29 heavy (non-hydrogen) atoms. The molecule has 1 amide bonds. The van der Waals surface area contributed by atoms with Crippen LogP contribution in [0.15, 0.2) is 24.3 Å². The zero-order chi connectivity index (χ0) is 20.8. The van der Waals surface area contributed by atoms with Crippen LogP contribution in [0.5, 0.6) is 0 Å². The maximum atomic E-state index is 12.5. The second-order valence-corrected chi connectivity index (χ2v) is 8.07. The number of nitrogens with zero attached hydrogens (tertiary/aromatic N) is 4. The van der Waals surface area contributed by atoms with E-state index in [1.165, 1.54) is 22.7 Å². The van der Waals surface area contributed by atoms with E-state index in [2.05, 4.69) is 40.5 Å². The number of carbonyl (C=O) groups excluding carboxylic acids is 2. The van der Waals surface area contributed by atoms with Crippen molar-refractivity contribution in [3.05, 3.63) is 41.2 Å². The van der Waals surface area contributed by atoms with Crippen LogP contribution in [0.2, 0.25) is 0 Å². The zero-order valence-electron chi connectivity index (χ0n) is 17.3. The minimum absolute atomic E-state index is 0.00234. The monoisotopic (exact) mass is 416 g/mol. The molecule has 8 heteroatoms. The first kappa shape index (κ1) is 21.2. The molecule has 0 saturated carbocycles. The smallest absolute Gasteiger partial charge is 0.306 e. The molecule has 1 aromatic carbocycles. The SMILES string of the molecule is CCOC(=O)CCC(=O)N1CCN(c2nc(Cc3ccc(C)cc3)ns2)CC1C. The van der Waals surface area contributed by atoms with Gasteiger partial charge in [0, 0.05) is 50.1 Å². The van der Waals surface area contributed by atoms with Gasteiger partial charge < -0.3 is 14.5 Å². The number of amides is 1. The first-order valence-electron chi connectivity index (χ1n) is 10.0. The van der Waals surface area contributed by atoms with Crippen LogP contribution in [0.4, 0.5) is 5.13 Å². The van der Waals surface area contributed by atoms with Crippen LogP contribution in [0.25, 0.3) is 0 Å². The Morgan fingerprint density at radius 2 is 1.97 bits per heavy atom. The standard InChI is InChI=1S/C21H28N4O3S/c1-4-28-20(27)10-9-19(26)25-12-11-24(14-16(25)3)21-22-18(23-29-21)13-17-7-5-15(2)6-8-17/h5-8,16H,4,9-14H2,1-3H3. The molecule has 1 aliphatic rings. The molecule has 0 aliphatic carbocycles. The van der Waals surface area contributed by atoms with Gasteiger partial charge in [0.2, 0.25) is 11.0 Å². The van der Waals surface area contributed by atoms with Crippen LogP contribution < -0.4 is 4.90 Å². The Kier molecular flexibility index (Phi) is 7.19. The van der Waals surface area contributed by atoms with Gasteiger partial charge >= 0.3 is 5.97 Å². The van der Waals surface area contributed by atoms with Gasteiger partial charge in [-0.2, -0.15) is 4.37 Å². The normalized spacial score (nSPS) is 16.7. The van der Waals surface area contributed by atoms with Gasteiger partial charge in [0.25, 0.3) is 0 Å². The molecule has 1 aromatic heterocycles. The van der Waals surface area contributed by atoms with Crippen LogP contribution in [0.1, 0.15) is 43.6 Å². The van der Waals surface area contributed by atoms with Crippen molar-refractivity contribution in [1.82, 2.24) is 14.3 Å². The number of hydrogen-bond acceptors (Lipinski definition) is 7. The molecular weight excluding hydrogens is 388 g/mol. The van der Waals surface area contributed by atoms with Crippen molar-refractivity contribution < 1.29 is 14.3 Å². The molecule has 0 spiro atoms. The highest BCUT2D eigenvalue weighted by molar-refractivity contribution is 7.09. The van der Waals surface area contributed by atoms with E-state index >= 15 is 0 Å². The lowest BCUT2D eigenvalue weighted by atomic mass is 10.1. The first-order chi connectivity index (χ1) is 14.0. The summed E-state index contributed by atoms with van der Waals surface area (Å²) >= 11 is 1.41. The summed E-state index contributed by atoms with van der Waals surface area (Å²) in [4.78, 5) is 32.7. The van der Waals surface area contributed by atoms with E-state index < -0.39 is 0 Å². The van der Waals surface area contributed by atoms with Gasteiger partial charge in [0.05, 0.1) is 13.0 Å². The third-order valence-electron chi connectivity index (χ3n) is 5.01. The summed E-state index contributed by atoms with van der Waals surface area (Å²) in [6.45, 7) is 8.26. The van der Waals surface area contributed by atoms with Gasteiger partial charge in [0.15, 0.2) is 0 Å². The van der Waals surface area contributed by atoms with Gasteiger partial charge in [-0.3, -0.25) is 9.59 Å². The number of carbonyl (C=O) groups is 2. The Morgan fingerprint density at radius 3 is 2.66 bits per heavy atom. The number of piperazine rings is 1. The quantitative estimate of drug-likeness (QED) is 0.646. The maximum Gasteiger partial charge on any atom is 0.306 e. The van der Waals surface area contributed by atoms with Crippen molar-refractivity contribution in [2.45, 2.75) is 46.1 Å². The summed E-state index contributed by atoms with van der Waals surface area (Å²) in [6.07, 6.45) is 1.06. The highest BCUT2D eigenvalue weighted by Gasteiger charge is 2.29. The molecule has 0 N–H and O–H groups in total. The molecule has 156 valence electrons. The molecule has 0 bridgehead atoms. The number of esters is 1. The van der Waals surface area contributed by atoms with Gasteiger partial charge in [-0.15, -0.1) is 0 Å². The first-order valence-corrected chi connectivity index (χ1v) is 10.8. The molecule has 1 saturated heterocycles. The van der Waals surface area contributed by atoms with Crippen molar-refractivity contribution in [2.75, 3.05) is 31.1 Å². The van der Waals surface area contributed by atoms with Gasteiger partial charge in [0.1, 0.15) is 5.82 Å². The summed E-state index contributed by atoms with van der Waals surface area (Å²) in [7, 11) is 0. The summed E-state index contributed by atoms with van der Waals surface area (Å²) in [5.74, 6) is 0.513. The van der Waals surface area contributed by atoms with Crippen LogP contribution >= 0.6 is 11.5 Å². The minimum atomic E-state index is -0.317. The highest BCUT2D eigenvalue weighted by Crippen LogP contribution is 2.23. The Hall–Kier alpha value is -2.48. The molecule has 2 aromatic rings. The average molecular weight is 417 g/mol. The third-order valence-corrected chi connectivity index (χ3v) is 5.82. The topological polar surface area (TPSA) is 75.6 Å². The lowest BCUT2D eigenvalue weighted by Gasteiger charge is -2.39. The van der Waals surface area contributed by atoms with Gasteiger partial charge in [-0.1, -0.05) is 29.8 Å². The molecule has 1 fully saturated rings. The van der Waals surface area contributed by atoms with Crippen LogP contribution in [-0.2, 0) is 20.7 Å². The summed E-state index contributed by atoms with van der Waals surface area (Å²) < 4.78 is 9.41. The van der Waals surface area contributed by atoms with Crippen LogP contribution in [0, 0.1) is 6.92 Å². The number of ether oxygens (including phenoxy) is 1. The fraction of sp³-hybridized carbons (Fsp3) is 0.524. The van der Waals surface area contributed by atoms with E-state index in [0.717, 1.165) is 17.4 Å². The predicted molar refractivity (Wildman–Crippen MR) is 113 cm³/mol. The van der Waals surface area contributed by atoms with E-state index in [1.807, 2.05) is 11.8 Å².